The zero-order valence-corrected chi connectivity index (χ0v) is 18.0. The van der Waals surface area contributed by atoms with Gasteiger partial charge in [-0.3, -0.25) is 4.79 Å². The van der Waals surface area contributed by atoms with Gasteiger partial charge in [0.2, 0.25) is 15.9 Å². The molecule has 3 rings (SSSR count). The van der Waals surface area contributed by atoms with Gasteiger partial charge >= 0.3 is 0 Å². The highest BCUT2D eigenvalue weighted by Crippen LogP contribution is 2.27. The molecule has 1 aromatic heterocycles. The number of fused-ring (bicyclic) bond motifs is 1. The van der Waals surface area contributed by atoms with Gasteiger partial charge in [0.05, 0.1) is 17.6 Å². The Bertz CT molecular complexity index is 1130. The first-order valence-electron chi connectivity index (χ1n) is 9.64. The van der Waals surface area contributed by atoms with Gasteiger partial charge in [0.25, 0.3) is 0 Å². The van der Waals surface area contributed by atoms with Crippen LogP contribution in [0.15, 0.2) is 52.0 Å². The Morgan fingerprint density at radius 1 is 1.03 bits per heavy atom. The maximum Gasteiger partial charge on any atom is 0.243 e. The summed E-state index contributed by atoms with van der Waals surface area (Å²) in [7, 11) is -3.51. The van der Waals surface area contributed by atoms with Crippen LogP contribution in [0, 0.1) is 13.8 Å². The van der Waals surface area contributed by atoms with Gasteiger partial charge in [0.15, 0.2) is 0 Å². The molecule has 7 heteroatoms. The number of benzene rings is 2. The fourth-order valence-electron chi connectivity index (χ4n) is 3.33. The molecule has 1 N–H and O–H groups in total. The van der Waals surface area contributed by atoms with Gasteiger partial charge in [-0.2, -0.15) is 4.31 Å². The van der Waals surface area contributed by atoms with Crippen molar-refractivity contribution in [2.75, 3.05) is 18.4 Å². The molecular formula is C22H26N2O4S. The molecular weight excluding hydrogens is 388 g/mol. The third-order valence-corrected chi connectivity index (χ3v) is 7.24. The number of sulfonamides is 1. The van der Waals surface area contributed by atoms with Gasteiger partial charge in [-0.05, 0) is 49.2 Å². The molecule has 29 heavy (non-hydrogen) atoms. The summed E-state index contributed by atoms with van der Waals surface area (Å²) in [6, 6.07) is 10.2. The Morgan fingerprint density at radius 3 is 2.31 bits per heavy atom. The molecule has 0 spiro atoms. The summed E-state index contributed by atoms with van der Waals surface area (Å²) in [5.41, 5.74) is 4.38. The Labute approximate surface area is 171 Å². The normalized spacial score (nSPS) is 11.9. The van der Waals surface area contributed by atoms with E-state index in [0.717, 1.165) is 27.7 Å². The predicted octanol–water partition coefficient (Wildman–Crippen LogP) is 4.26. The molecule has 0 fully saturated rings. The molecule has 0 aliphatic carbocycles. The molecule has 1 heterocycles. The van der Waals surface area contributed by atoms with Crippen LogP contribution in [-0.4, -0.2) is 31.7 Å². The number of anilines is 1. The number of nitrogens with one attached hydrogen (secondary N) is 1. The van der Waals surface area contributed by atoms with Crippen LogP contribution in [0.2, 0.25) is 0 Å². The average Bonchev–Trinajstić information content (AvgIpc) is 3.09. The molecule has 3 aromatic rings. The topological polar surface area (TPSA) is 79.6 Å². The molecule has 6 nitrogen and oxygen atoms in total. The SMILES string of the molecule is CCN(CC)S(=O)(=O)c1ccc(NC(=O)Cc2coc3c(C)c(C)ccc23)cc1. The molecule has 0 bridgehead atoms. The second-order valence-electron chi connectivity index (χ2n) is 6.98. The van der Waals surface area contributed by atoms with Crippen LogP contribution < -0.4 is 5.32 Å². The van der Waals surface area contributed by atoms with Gasteiger partial charge in [-0.25, -0.2) is 8.42 Å². The summed E-state index contributed by atoms with van der Waals surface area (Å²) in [5, 5.41) is 3.75. The first kappa shape index (κ1) is 21.1. The summed E-state index contributed by atoms with van der Waals surface area (Å²) in [4.78, 5) is 12.7. The second kappa shape index (κ2) is 8.39. The van der Waals surface area contributed by atoms with Crippen LogP contribution in [0.5, 0.6) is 0 Å². The van der Waals surface area contributed by atoms with Crippen molar-refractivity contribution in [2.45, 2.75) is 39.0 Å². The van der Waals surface area contributed by atoms with E-state index in [1.807, 2.05) is 26.0 Å². The van der Waals surface area contributed by atoms with E-state index >= 15 is 0 Å². The summed E-state index contributed by atoms with van der Waals surface area (Å²) >= 11 is 0. The fourth-order valence-corrected chi connectivity index (χ4v) is 4.78. The van der Waals surface area contributed by atoms with E-state index in [1.54, 1.807) is 32.2 Å². The maximum absolute atomic E-state index is 12.5. The van der Waals surface area contributed by atoms with E-state index in [1.165, 1.54) is 16.4 Å². The van der Waals surface area contributed by atoms with Crippen molar-refractivity contribution in [1.29, 1.82) is 0 Å². The van der Waals surface area contributed by atoms with E-state index < -0.39 is 10.0 Å². The number of amides is 1. The van der Waals surface area contributed by atoms with Crippen molar-refractivity contribution >= 4 is 32.6 Å². The van der Waals surface area contributed by atoms with Gasteiger partial charge < -0.3 is 9.73 Å². The number of rotatable bonds is 7. The van der Waals surface area contributed by atoms with Gasteiger partial charge in [-0.1, -0.05) is 26.0 Å². The Hall–Kier alpha value is -2.64. The van der Waals surface area contributed by atoms with Crippen molar-refractivity contribution in [3.05, 3.63) is 59.4 Å². The fraction of sp³-hybridized carbons (Fsp3) is 0.318. The molecule has 0 unspecified atom stereocenters. The van der Waals surface area contributed by atoms with Crippen LogP contribution in [0.25, 0.3) is 11.0 Å². The molecule has 0 saturated carbocycles. The lowest BCUT2D eigenvalue weighted by molar-refractivity contribution is -0.115. The Kier molecular flexibility index (Phi) is 6.10. The van der Waals surface area contributed by atoms with Crippen LogP contribution in [-0.2, 0) is 21.2 Å². The van der Waals surface area contributed by atoms with E-state index in [4.69, 9.17) is 4.42 Å². The molecule has 0 aliphatic rings. The Balaban J connectivity index is 1.73. The highest BCUT2D eigenvalue weighted by Gasteiger charge is 2.21. The predicted molar refractivity (Wildman–Crippen MR) is 115 cm³/mol. The highest BCUT2D eigenvalue weighted by atomic mass is 32.2. The van der Waals surface area contributed by atoms with Crippen molar-refractivity contribution < 1.29 is 17.6 Å². The third kappa shape index (κ3) is 4.21. The molecule has 0 radical (unpaired) electrons. The smallest absolute Gasteiger partial charge is 0.243 e. The number of aryl methyl sites for hydroxylation is 2. The van der Waals surface area contributed by atoms with Gasteiger partial charge in [0, 0.05) is 29.7 Å². The average molecular weight is 415 g/mol. The molecule has 1 amide bonds. The summed E-state index contributed by atoms with van der Waals surface area (Å²) in [6.07, 6.45) is 1.80. The highest BCUT2D eigenvalue weighted by molar-refractivity contribution is 7.89. The molecule has 2 aromatic carbocycles. The maximum atomic E-state index is 12.5. The summed E-state index contributed by atoms with van der Waals surface area (Å²) < 4.78 is 32.1. The minimum absolute atomic E-state index is 0.176. The van der Waals surface area contributed by atoms with Crippen molar-refractivity contribution in [2.24, 2.45) is 0 Å². The minimum Gasteiger partial charge on any atom is -0.464 e. The number of hydrogen-bond donors (Lipinski definition) is 1. The minimum atomic E-state index is -3.51. The van der Waals surface area contributed by atoms with Crippen molar-refractivity contribution in [1.82, 2.24) is 4.31 Å². The summed E-state index contributed by atoms with van der Waals surface area (Å²) in [5.74, 6) is -0.190. The van der Waals surface area contributed by atoms with E-state index in [9.17, 15) is 13.2 Å². The third-order valence-electron chi connectivity index (χ3n) is 5.17. The summed E-state index contributed by atoms with van der Waals surface area (Å²) in [6.45, 7) is 8.45. The first-order valence-corrected chi connectivity index (χ1v) is 11.1. The largest absolute Gasteiger partial charge is 0.464 e. The number of carbonyl (C=O) groups excluding carboxylic acids is 1. The Morgan fingerprint density at radius 2 is 1.69 bits per heavy atom. The van der Waals surface area contributed by atoms with Gasteiger partial charge in [0.1, 0.15) is 5.58 Å². The van der Waals surface area contributed by atoms with E-state index in [-0.39, 0.29) is 17.2 Å². The number of furan rings is 1. The second-order valence-corrected chi connectivity index (χ2v) is 8.92. The number of carbonyl (C=O) groups is 1. The van der Waals surface area contributed by atoms with Crippen molar-refractivity contribution in [3.63, 3.8) is 0 Å². The lowest BCUT2D eigenvalue weighted by atomic mass is 10.0. The van der Waals surface area contributed by atoms with E-state index in [2.05, 4.69) is 5.32 Å². The van der Waals surface area contributed by atoms with Gasteiger partial charge in [-0.15, -0.1) is 0 Å². The molecule has 0 saturated heterocycles. The van der Waals surface area contributed by atoms with Crippen LogP contribution in [0.1, 0.15) is 30.5 Å². The van der Waals surface area contributed by atoms with E-state index in [0.29, 0.717) is 18.8 Å². The standard InChI is InChI=1S/C22H26N2O4S/c1-5-24(6-2)29(26,27)19-10-8-18(9-11-19)23-21(25)13-17-14-28-22-16(4)15(3)7-12-20(17)22/h7-12,14H,5-6,13H2,1-4H3,(H,23,25). The number of nitrogens with zero attached hydrogens (tertiary/aromatic N) is 1. The zero-order valence-electron chi connectivity index (χ0n) is 17.2. The molecule has 0 aliphatic heterocycles. The quantitative estimate of drug-likeness (QED) is 0.626. The molecule has 0 atom stereocenters. The monoisotopic (exact) mass is 414 g/mol. The van der Waals surface area contributed by atoms with Crippen molar-refractivity contribution in [3.8, 4) is 0 Å². The number of hydrogen-bond acceptors (Lipinski definition) is 4. The van der Waals surface area contributed by atoms with Crippen LogP contribution >= 0.6 is 0 Å². The molecule has 154 valence electrons. The lowest BCUT2D eigenvalue weighted by Gasteiger charge is -2.18. The lowest BCUT2D eigenvalue weighted by Crippen LogP contribution is -2.30. The van der Waals surface area contributed by atoms with Crippen LogP contribution in [0.3, 0.4) is 0 Å². The van der Waals surface area contributed by atoms with Crippen LogP contribution in [0.4, 0.5) is 5.69 Å². The first-order chi connectivity index (χ1) is 13.8. The zero-order chi connectivity index (χ0) is 21.2.